The van der Waals surface area contributed by atoms with Crippen LogP contribution in [-0.4, -0.2) is 22.4 Å². The Balaban J connectivity index is 2.19. The van der Waals surface area contributed by atoms with Crippen molar-refractivity contribution >= 4 is 11.8 Å². The molecular weight excluding hydrogens is 210 g/mol. The summed E-state index contributed by atoms with van der Waals surface area (Å²) in [5.74, 6) is 2.86. The van der Waals surface area contributed by atoms with E-state index in [-0.39, 0.29) is 10.7 Å². The highest BCUT2D eigenvalue weighted by Gasteiger charge is 2.37. The van der Waals surface area contributed by atoms with Crippen LogP contribution in [0.4, 0.5) is 0 Å². The standard InChI is InChI=1S/C10H17N3OS/c1-7(6-11)8-12-9(14-13-8)10(2)4-3-5-15-10/h7H,3-6,11H2,1-2H3. The van der Waals surface area contributed by atoms with Gasteiger partial charge in [0.2, 0.25) is 5.89 Å². The second kappa shape index (κ2) is 4.14. The van der Waals surface area contributed by atoms with Gasteiger partial charge in [-0.3, -0.25) is 0 Å². The molecule has 1 aromatic heterocycles. The normalized spacial score (nSPS) is 28.2. The van der Waals surface area contributed by atoms with E-state index in [2.05, 4.69) is 17.1 Å². The van der Waals surface area contributed by atoms with Crippen molar-refractivity contribution in [3.05, 3.63) is 11.7 Å². The molecule has 0 radical (unpaired) electrons. The number of aromatic nitrogens is 2. The summed E-state index contributed by atoms with van der Waals surface area (Å²) in [6, 6.07) is 0. The molecule has 2 unspecified atom stereocenters. The SMILES string of the molecule is CC(CN)c1noc(C2(C)CCCS2)n1. The summed E-state index contributed by atoms with van der Waals surface area (Å²) in [6.45, 7) is 4.75. The van der Waals surface area contributed by atoms with Gasteiger partial charge in [-0.15, -0.1) is 11.8 Å². The minimum Gasteiger partial charge on any atom is -0.338 e. The molecule has 0 amide bonds. The van der Waals surface area contributed by atoms with Gasteiger partial charge < -0.3 is 10.3 Å². The summed E-state index contributed by atoms with van der Waals surface area (Å²) >= 11 is 1.90. The second-order valence-corrected chi connectivity index (χ2v) is 5.88. The van der Waals surface area contributed by atoms with Crippen molar-refractivity contribution in [2.45, 2.75) is 37.4 Å². The zero-order chi connectivity index (χ0) is 10.9. The molecule has 4 nitrogen and oxygen atoms in total. The Bertz CT molecular complexity index is 333. The number of hydrogen-bond acceptors (Lipinski definition) is 5. The van der Waals surface area contributed by atoms with Gasteiger partial charge in [0, 0.05) is 12.5 Å². The average Bonchev–Trinajstić information content (AvgIpc) is 2.85. The first-order valence-electron chi connectivity index (χ1n) is 5.34. The van der Waals surface area contributed by atoms with Crippen LogP contribution in [0.25, 0.3) is 0 Å². The molecule has 84 valence electrons. The molecule has 0 aromatic carbocycles. The molecule has 1 aromatic rings. The third kappa shape index (κ3) is 2.03. The van der Waals surface area contributed by atoms with E-state index in [0.717, 1.165) is 18.1 Å². The maximum absolute atomic E-state index is 5.57. The Labute approximate surface area is 94.0 Å². The zero-order valence-corrected chi connectivity index (χ0v) is 10.0. The first kappa shape index (κ1) is 11.0. The molecule has 1 fully saturated rings. The number of nitrogens with zero attached hydrogens (tertiary/aromatic N) is 2. The summed E-state index contributed by atoms with van der Waals surface area (Å²) in [5, 5.41) is 4.00. The van der Waals surface area contributed by atoms with Gasteiger partial charge >= 0.3 is 0 Å². The lowest BCUT2D eigenvalue weighted by atomic mass is 10.1. The molecule has 1 aliphatic rings. The topological polar surface area (TPSA) is 64.9 Å². The molecule has 2 rings (SSSR count). The van der Waals surface area contributed by atoms with Crippen molar-refractivity contribution in [3.8, 4) is 0 Å². The highest BCUT2D eigenvalue weighted by atomic mass is 32.2. The Kier molecular flexibility index (Phi) is 3.02. The minimum absolute atomic E-state index is 0.0273. The van der Waals surface area contributed by atoms with Crippen LogP contribution in [0.5, 0.6) is 0 Å². The third-order valence-corrected chi connectivity index (χ3v) is 4.42. The largest absolute Gasteiger partial charge is 0.338 e. The van der Waals surface area contributed by atoms with Crippen LogP contribution in [-0.2, 0) is 4.75 Å². The predicted octanol–water partition coefficient (Wildman–Crippen LogP) is 1.87. The maximum atomic E-state index is 5.57. The molecule has 2 heterocycles. The fraction of sp³-hybridized carbons (Fsp3) is 0.800. The first-order chi connectivity index (χ1) is 7.15. The maximum Gasteiger partial charge on any atom is 0.242 e. The molecule has 15 heavy (non-hydrogen) atoms. The van der Waals surface area contributed by atoms with Crippen molar-refractivity contribution in [1.82, 2.24) is 10.1 Å². The van der Waals surface area contributed by atoms with E-state index >= 15 is 0 Å². The van der Waals surface area contributed by atoms with Crippen molar-refractivity contribution in [3.63, 3.8) is 0 Å². The van der Waals surface area contributed by atoms with Crippen LogP contribution in [0, 0.1) is 0 Å². The summed E-state index contributed by atoms with van der Waals surface area (Å²) < 4.78 is 5.36. The predicted molar refractivity (Wildman–Crippen MR) is 60.8 cm³/mol. The van der Waals surface area contributed by atoms with Crippen LogP contribution >= 0.6 is 11.8 Å². The zero-order valence-electron chi connectivity index (χ0n) is 9.19. The Hall–Kier alpha value is -0.550. The molecule has 2 atom stereocenters. The van der Waals surface area contributed by atoms with Crippen LogP contribution in [0.1, 0.15) is 44.3 Å². The first-order valence-corrected chi connectivity index (χ1v) is 6.32. The van der Waals surface area contributed by atoms with Gasteiger partial charge in [-0.2, -0.15) is 4.98 Å². The number of rotatable bonds is 3. The Morgan fingerprint density at radius 2 is 2.47 bits per heavy atom. The van der Waals surface area contributed by atoms with Gasteiger partial charge in [0.05, 0.1) is 4.75 Å². The van der Waals surface area contributed by atoms with E-state index in [0.29, 0.717) is 6.54 Å². The summed E-state index contributed by atoms with van der Waals surface area (Å²) in [4.78, 5) is 4.46. The van der Waals surface area contributed by atoms with Gasteiger partial charge in [-0.25, -0.2) is 0 Å². The van der Waals surface area contributed by atoms with E-state index in [4.69, 9.17) is 10.3 Å². The molecule has 0 saturated carbocycles. The highest BCUT2D eigenvalue weighted by molar-refractivity contribution is 8.00. The lowest BCUT2D eigenvalue weighted by Gasteiger charge is -2.16. The van der Waals surface area contributed by atoms with Crippen LogP contribution in [0.3, 0.4) is 0 Å². The minimum atomic E-state index is 0.0273. The summed E-state index contributed by atoms with van der Waals surface area (Å²) in [5.41, 5.74) is 5.57. The molecule has 5 heteroatoms. The van der Waals surface area contributed by atoms with E-state index in [9.17, 15) is 0 Å². The molecule has 0 bridgehead atoms. The summed E-state index contributed by atoms with van der Waals surface area (Å²) in [7, 11) is 0. The van der Waals surface area contributed by atoms with Crippen molar-refractivity contribution in [2.75, 3.05) is 12.3 Å². The quantitative estimate of drug-likeness (QED) is 0.854. The molecule has 1 saturated heterocycles. The van der Waals surface area contributed by atoms with Gasteiger partial charge in [-0.1, -0.05) is 12.1 Å². The smallest absolute Gasteiger partial charge is 0.242 e. The third-order valence-electron chi connectivity index (χ3n) is 2.91. The Morgan fingerprint density at radius 1 is 1.67 bits per heavy atom. The van der Waals surface area contributed by atoms with Gasteiger partial charge in [0.15, 0.2) is 5.82 Å². The highest BCUT2D eigenvalue weighted by Crippen LogP contribution is 2.45. The molecular formula is C10H17N3OS. The van der Waals surface area contributed by atoms with E-state index in [1.165, 1.54) is 12.2 Å². The van der Waals surface area contributed by atoms with Crippen molar-refractivity contribution in [2.24, 2.45) is 5.73 Å². The summed E-state index contributed by atoms with van der Waals surface area (Å²) in [6.07, 6.45) is 2.35. The van der Waals surface area contributed by atoms with Gasteiger partial charge in [-0.05, 0) is 25.5 Å². The average molecular weight is 227 g/mol. The fourth-order valence-electron chi connectivity index (χ4n) is 1.70. The second-order valence-electron chi connectivity index (χ2n) is 4.28. The number of hydrogen-bond donors (Lipinski definition) is 1. The monoisotopic (exact) mass is 227 g/mol. The molecule has 2 N–H and O–H groups in total. The molecule has 0 aliphatic carbocycles. The van der Waals surface area contributed by atoms with E-state index < -0.39 is 0 Å². The lowest BCUT2D eigenvalue weighted by Crippen LogP contribution is -2.14. The van der Waals surface area contributed by atoms with E-state index in [1.54, 1.807) is 0 Å². The Morgan fingerprint density at radius 3 is 3.07 bits per heavy atom. The van der Waals surface area contributed by atoms with Crippen LogP contribution in [0.15, 0.2) is 4.52 Å². The van der Waals surface area contributed by atoms with Crippen LogP contribution < -0.4 is 5.73 Å². The van der Waals surface area contributed by atoms with Gasteiger partial charge in [0.25, 0.3) is 0 Å². The van der Waals surface area contributed by atoms with Crippen molar-refractivity contribution in [1.29, 1.82) is 0 Å². The van der Waals surface area contributed by atoms with Crippen LogP contribution in [0.2, 0.25) is 0 Å². The molecule has 1 aliphatic heterocycles. The van der Waals surface area contributed by atoms with Crippen molar-refractivity contribution < 1.29 is 4.52 Å². The number of thioether (sulfide) groups is 1. The fourth-order valence-corrected chi connectivity index (χ4v) is 2.94. The van der Waals surface area contributed by atoms with E-state index in [1.807, 2.05) is 18.7 Å². The van der Waals surface area contributed by atoms with Gasteiger partial charge in [0.1, 0.15) is 0 Å². The molecule has 0 spiro atoms. The lowest BCUT2D eigenvalue weighted by molar-refractivity contribution is 0.338. The number of nitrogens with two attached hydrogens (primary N) is 1.